The standard InChI is InChI=1S/C38H46N4O5/c1-41(2)24-13-25-42(38(45)47-28-31-16-7-4-8-17-31)36(40-29-43)26-33-22-21-32(34-19-9-10-20-35(33)34)18-11-12-23-39-37(44)46-27-30-14-5-3-6-15-30/h3-10,14-17,19-22,29,36H,11-13,18,23-28H2,1-2H3,(H,39,44)(H,40,43)/t36-/m0/s1. The van der Waals surface area contributed by atoms with Gasteiger partial charge >= 0.3 is 12.2 Å². The number of carbonyl (C=O) groups is 3. The number of ether oxygens (including phenoxy) is 2. The van der Waals surface area contributed by atoms with Gasteiger partial charge in [-0.1, -0.05) is 97.1 Å². The lowest BCUT2D eigenvalue weighted by Crippen LogP contribution is -2.50. The van der Waals surface area contributed by atoms with Crippen LogP contribution in [0, 0.1) is 0 Å². The van der Waals surface area contributed by atoms with Gasteiger partial charge in [-0.2, -0.15) is 0 Å². The van der Waals surface area contributed by atoms with E-state index in [9.17, 15) is 14.4 Å². The number of hydrogen-bond donors (Lipinski definition) is 2. The molecule has 4 aromatic carbocycles. The Morgan fingerprint density at radius 3 is 1.96 bits per heavy atom. The summed E-state index contributed by atoms with van der Waals surface area (Å²) in [6.45, 7) is 2.16. The quantitative estimate of drug-likeness (QED) is 0.0755. The Hall–Kier alpha value is -4.89. The van der Waals surface area contributed by atoms with Crippen molar-refractivity contribution in [2.24, 2.45) is 0 Å². The summed E-state index contributed by atoms with van der Waals surface area (Å²) < 4.78 is 11.0. The number of unbranched alkanes of at least 4 members (excludes halogenated alkanes) is 1. The Morgan fingerprint density at radius 2 is 1.32 bits per heavy atom. The Kier molecular flexibility index (Phi) is 14.1. The van der Waals surface area contributed by atoms with Gasteiger partial charge in [0.25, 0.3) is 0 Å². The van der Waals surface area contributed by atoms with Gasteiger partial charge in [0.1, 0.15) is 19.4 Å². The third-order valence-corrected chi connectivity index (χ3v) is 7.95. The van der Waals surface area contributed by atoms with Crippen LogP contribution in [0.3, 0.4) is 0 Å². The second-order valence-electron chi connectivity index (χ2n) is 11.8. The normalized spacial score (nSPS) is 11.6. The summed E-state index contributed by atoms with van der Waals surface area (Å²) in [5, 5.41) is 7.94. The molecule has 2 N–H and O–H groups in total. The van der Waals surface area contributed by atoms with E-state index in [1.165, 1.54) is 5.56 Å². The number of nitrogens with zero attached hydrogens (tertiary/aromatic N) is 2. The van der Waals surface area contributed by atoms with Crippen molar-refractivity contribution < 1.29 is 23.9 Å². The van der Waals surface area contributed by atoms with E-state index in [0.717, 1.165) is 59.7 Å². The fraction of sp³-hybridized carbons (Fsp3) is 0.342. The molecule has 3 amide bonds. The van der Waals surface area contributed by atoms with Gasteiger partial charge in [0.15, 0.2) is 0 Å². The highest BCUT2D eigenvalue weighted by atomic mass is 16.6. The van der Waals surface area contributed by atoms with Gasteiger partial charge in [-0.15, -0.1) is 0 Å². The SMILES string of the molecule is CN(C)CCCN(C(=O)OCc1ccccc1)[C@@H](Cc1ccc(CCCCNC(=O)OCc2ccccc2)c2ccccc12)NC=O. The van der Waals surface area contributed by atoms with Crippen molar-refractivity contribution in [3.63, 3.8) is 0 Å². The molecule has 0 aliphatic heterocycles. The average Bonchev–Trinajstić information content (AvgIpc) is 3.09. The summed E-state index contributed by atoms with van der Waals surface area (Å²) in [4.78, 5) is 41.0. The first kappa shape index (κ1) is 35.0. The molecule has 0 aliphatic carbocycles. The number of hydrogen-bond acceptors (Lipinski definition) is 6. The molecule has 4 rings (SSSR count). The molecule has 0 unspecified atom stereocenters. The largest absolute Gasteiger partial charge is 0.445 e. The number of aryl methyl sites for hydroxylation is 1. The molecule has 0 aliphatic rings. The van der Waals surface area contributed by atoms with Crippen LogP contribution in [0.4, 0.5) is 9.59 Å². The molecule has 9 nitrogen and oxygen atoms in total. The zero-order chi connectivity index (χ0) is 33.3. The number of alkyl carbamates (subject to hydrolysis) is 1. The van der Waals surface area contributed by atoms with E-state index in [1.807, 2.05) is 86.9 Å². The van der Waals surface area contributed by atoms with E-state index in [1.54, 1.807) is 4.90 Å². The van der Waals surface area contributed by atoms with Gasteiger partial charge in [0, 0.05) is 19.5 Å². The van der Waals surface area contributed by atoms with Crippen molar-refractivity contribution in [3.8, 4) is 0 Å². The van der Waals surface area contributed by atoms with Crippen molar-refractivity contribution in [2.45, 2.75) is 51.5 Å². The number of amides is 3. The van der Waals surface area contributed by atoms with Crippen LogP contribution in [-0.2, 0) is 40.3 Å². The van der Waals surface area contributed by atoms with Crippen molar-refractivity contribution in [2.75, 3.05) is 33.7 Å². The zero-order valence-corrected chi connectivity index (χ0v) is 27.4. The second kappa shape index (κ2) is 18.9. The van der Waals surface area contributed by atoms with Crippen LogP contribution in [0.5, 0.6) is 0 Å². The van der Waals surface area contributed by atoms with E-state index in [4.69, 9.17) is 9.47 Å². The maximum atomic E-state index is 13.4. The van der Waals surface area contributed by atoms with Crippen molar-refractivity contribution >= 4 is 29.4 Å². The van der Waals surface area contributed by atoms with E-state index in [2.05, 4.69) is 39.8 Å². The van der Waals surface area contributed by atoms with Crippen LogP contribution in [0.15, 0.2) is 97.1 Å². The minimum atomic E-state index is -0.583. The highest BCUT2D eigenvalue weighted by Gasteiger charge is 2.26. The molecule has 0 radical (unpaired) electrons. The summed E-state index contributed by atoms with van der Waals surface area (Å²) in [6.07, 6.45) is 2.89. The van der Waals surface area contributed by atoms with Gasteiger partial charge in [0.05, 0.1) is 0 Å². The van der Waals surface area contributed by atoms with Crippen LogP contribution in [0.25, 0.3) is 10.8 Å². The maximum absolute atomic E-state index is 13.4. The molecular formula is C38H46N4O5. The van der Waals surface area contributed by atoms with E-state index in [0.29, 0.717) is 25.9 Å². The van der Waals surface area contributed by atoms with E-state index < -0.39 is 18.4 Å². The summed E-state index contributed by atoms with van der Waals surface area (Å²) in [6, 6.07) is 31.6. The molecule has 1 atom stereocenters. The number of rotatable bonds is 18. The Morgan fingerprint density at radius 1 is 0.723 bits per heavy atom. The van der Waals surface area contributed by atoms with Crippen LogP contribution < -0.4 is 10.6 Å². The van der Waals surface area contributed by atoms with Crippen LogP contribution >= 0.6 is 0 Å². The van der Waals surface area contributed by atoms with Gasteiger partial charge in [0.2, 0.25) is 6.41 Å². The van der Waals surface area contributed by atoms with Crippen molar-refractivity contribution in [3.05, 3.63) is 119 Å². The van der Waals surface area contributed by atoms with Gasteiger partial charge in [-0.05, 0) is 79.3 Å². The molecule has 0 heterocycles. The Bertz CT molecular complexity index is 1550. The lowest BCUT2D eigenvalue weighted by molar-refractivity contribution is -0.111. The average molecular weight is 639 g/mol. The Labute approximate surface area is 277 Å². The molecular weight excluding hydrogens is 592 g/mol. The van der Waals surface area contributed by atoms with E-state index in [-0.39, 0.29) is 13.2 Å². The Balaban J connectivity index is 1.38. The van der Waals surface area contributed by atoms with Crippen LogP contribution in [-0.4, -0.2) is 68.3 Å². The minimum Gasteiger partial charge on any atom is -0.445 e. The van der Waals surface area contributed by atoms with E-state index >= 15 is 0 Å². The number of fused-ring (bicyclic) bond motifs is 1. The molecule has 0 saturated carbocycles. The predicted molar refractivity (Wildman–Crippen MR) is 185 cm³/mol. The third-order valence-electron chi connectivity index (χ3n) is 7.95. The zero-order valence-electron chi connectivity index (χ0n) is 27.4. The lowest BCUT2D eigenvalue weighted by Gasteiger charge is -2.31. The smallest absolute Gasteiger partial charge is 0.411 e. The maximum Gasteiger partial charge on any atom is 0.411 e. The molecule has 47 heavy (non-hydrogen) atoms. The molecule has 0 spiro atoms. The topological polar surface area (TPSA) is 100 Å². The summed E-state index contributed by atoms with van der Waals surface area (Å²) in [5.74, 6) is 0. The van der Waals surface area contributed by atoms with Crippen molar-refractivity contribution in [1.29, 1.82) is 0 Å². The fourth-order valence-electron chi connectivity index (χ4n) is 5.50. The van der Waals surface area contributed by atoms with Crippen LogP contribution in [0.2, 0.25) is 0 Å². The van der Waals surface area contributed by atoms with Gasteiger partial charge in [-0.3, -0.25) is 9.69 Å². The first-order valence-electron chi connectivity index (χ1n) is 16.2. The number of benzene rings is 4. The summed E-state index contributed by atoms with van der Waals surface area (Å²) in [7, 11) is 3.98. The summed E-state index contributed by atoms with van der Waals surface area (Å²) in [5.41, 5.74) is 4.08. The van der Waals surface area contributed by atoms with Crippen molar-refractivity contribution in [1.82, 2.24) is 20.4 Å². The van der Waals surface area contributed by atoms with Crippen LogP contribution in [0.1, 0.15) is 41.5 Å². The molecule has 0 bridgehead atoms. The van der Waals surface area contributed by atoms with Gasteiger partial charge in [-0.25, -0.2) is 9.59 Å². The molecule has 0 fully saturated rings. The molecule has 0 aromatic heterocycles. The highest BCUT2D eigenvalue weighted by Crippen LogP contribution is 2.26. The highest BCUT2D eigenvalue weighted by molar-refractivity contribution is 5.89. The number of nitrogens with one attached hydrogen (secondary N) is 2. The summed E-state index contributed by atoms with van der Waals surface area (Å²) >= 11 is 0. The molecule has 4 aromatic rings. The van der Waals surface area contributed by atoms with Gasteiger partial charge < -0.3 is 25.0 Å². The second-order valence-corrected chi connectivity index (χ2v) is 11.8. The number of carbonyl (C=O) groups excluding carboxylic acids is 3. The first-order chi connectivity index (χ1) is 22.9. The minimum absolute atomic E-state index is 0.152. The predicted octanol–water partition coefficient (Wildman–Crippen LogP) is 6.29. The fourth-order valence-corrected chi connectivity index (χ4v) is 5.50. The lowest BCUT2D eigenvalue weighted by atomic mass is 9.94. The first-order valence-corrected chi connectivity index (χ1v) is 16.2. The third kappa shape index (κ3) is 11.4. The molecule has 0 saturated heterocycles. The molecule has 9 heteroatoms. The monoisotopic (exact) mass is 638 g/mol. The molecule has 248 valence electrons.